The minimum atomic E-state index is -4.77. The van der Waals surface area contributed by atoms with Crippen LogP contribution in [-0.2, 0) is 20.8 Å². The van der Waals surface area contributed by atoms with Gasteiger partial charge in [0.2, 0.25) is 6.10 Å². The number of hydrogen-bond acceptors (Lipinski definition) is 6. The van der Waals surface area contributed by atoms with Crippen LogP contribution in [0.3, 0.4) is 0 Å². The molecule has 1 aromatic heterocycles. The molecule has 1 spiro atoms. The van der Waals surface area contributed by atoms with Crippen LogP contribution in [0.2, 0.25) is 0 Å². The first-order valence-corrected chi connectivity index (χ1v) is 11.2. The molecule has 0 saturated carbocycles. The number of piperidine rings is 1. The number of likely N-dealkylation sites (tertiary alicyclic amines) is 1. The highest BCUT2D eigenvalue weighted by atomic mass is 19.4. The van der Waals surface area contributed by atoms with Gasteiger partial charge in [-0.2, -0.15) is 18.3 Å². The van der Waals surface area contributed by atoms with Gasteiger partial charge >= 0.3 is 12.3 Å². The minimum Gasteiger partial charge on any atom is -0.497 e. The lowest BCUT2D eigenvalue weighted by Crippen LogP contribution is -2.49. The molecule has 192 valence electrons. The van der Waals surface area contributed by atoms with E-state index in [4.69, 9.17) is 18.9 Å². The second kappa shape index (κ2) is 10.4. The van der Waals surface area contributed by atoms with E-state index in [2.05, 4.69) is 5.10 Å². The van der Waals surface area contributed by atoms with Crippen LogP contribution < -0.4 is 4.74 Å². The third kappa shape index (κ3) is 6.23. The summed E-state index contributed by atoms with van der Waals surface area (Å²) in [7, 11) is 1.51. The second-order valence-corrected chi connectivity index (χ2v) is 8.75. The number of aromatic nitrogens is 2. The molecule has 0 bridgehead atoms. The van der Waals surface area contributed by atoms with Crippen molar-refractivity contribution in [3.8, 4) is 5.75 Å². The Morgan fingerprint density at radius 3 is 2.57 bits per heavy atom. The second-order valence-electron chi connectivity index (χ2n) is 8.75. The molecule has 0 unspecified atom stereocenters. The maximum Gasteiger partial charge on any atom is 0.427 e. The van der Waals surface area contributed by atoms with Crippen LogP contribution in [0.5, 0.6) is 5.75 Å². The quantitative estimate of drug-likeness (QED) is 0.532. The number of ether oxygens (including phenoxy) is 4. The summed E-state index contributed by atoms with van der Waals surface area (Å²) < 4.78 is 76.2. The van der Waals surface area contributed by atoms with Gasteiger partial charge in [-0.3, -0.25) is 4.68 Å². The first-order chi connectivity index (χ1) is 16.7. The predicted octanol–water partition coefficient (Wildman–Crippen LogP) is 4.11. The molecule has 35 heavy (non-hydrogen) atoms. The van der Waals surface area contributed by atoms with Crippen molar-refractivity contribution in [2.45, 2.75) is 49.8 Å². The van der Waals surface area contributed by atoms with Gasteiger partial charge < -0.3 is 23.8 Å². The molecule has 0 aliphatic carbocycles. The Morgan fingerprint density at radius 2 is 1.97 bits per heavy atom. The van der Waals surface area contributed by atoms with E-state index in [1.165, 1.54) is 22.9 Å². The average molecular weight is 501 g/mol. The van der Waals surface area contributed by atoms with E-state index in [1.807, 2.05) is 0 Å². The minimum absolute atomic E-state index is 0.0704. The summed E-state index contributed by atoms with van der Waals surface area (Å²) in [5, 5.41) is 3.98. The van der Waals surface area contributed by atoms with Crippen molar-refractivity contribution in [3.63, 3.8) is 0 Å². The molecule has 3 heterocycles. The van der Waals surface area contributed by atoms with Crippen LogP contribution in [0.1, 0.15) is 30.9 Å². The fourth-order valence-corrected chi connectivity index (χ4v) is 4.35. The molecule has 2 aliphatic heterocycles. The molecule has 2 aliphatic rings. The lowest BCUT2D eigenvalue weighted by Gasteiger charge is -2.38. The van der Waals surface area contributed by atoms with Crippen LogP contribution >= 0.6 is 0 Å². The number of amides is 1. The molecule has 2 aromatic rings. The molecule has 2 saturated heterocycles. The Balaban J connectivity index is 1.26. The van der Waals surface area contributed by atoms with Crippen molar-refractivity contribution in [1.29, 1.82) is 0 Å². The number of nitrogens with zero attached hydrogens (tertiary/aromatic N) is 3. The Morgan fingerprint density at radius 1 is 1.26 bits per heavy atom. The zero-order valence-corrected chi connectivity index (χ0v) is 19.2. The highest BCUT2D eigenvalue weighted by Gasteiger charge is 2.47. The zero-order valence-electron chi connectivity index (χ0n) is 19.2. The Kier molecular flexibility index (Phi) is 7.50. The SMILES string of the molecule is COc1ccc(COC[C@@H](OC(=O)N2CCC3(CC2)C[C@@H](n2cc(F)cn2)CO3)C(F)(F)F)cc1. The zero-order chi connectivity index (χ0) is 25.1. The number of hydrogen-bond donors (Lipinski definition) is 0. The maximum absolute atomic E-state index is 13.5. The van der Waals surface area contributed by atoms with Crippen LogP contribution in [0, 0.1) is 5.82 Å². The Hall–Kier alpha value is -2.86. The fourth-order valence-electron chi connectivity index (χ4n) is 4.35. The van der Waals surface area contributed by atoms with Gasteiger partial charge in [-0.15, -0.1) is 0 Å². The lowest BCUT2D eigenvalue weighted by atomic mass is 9.87. The number of carbonyl (C=O) groups is 1. The van der Waals surface area contributed by atoms with Gasteiger partial charge in [-0.05, 0) is 30.5 Å². The van der Waals surface area contributed by atoms with Crippen LogP contribution in [-0.4, -0.2) is 72.1 Å². The van der Waals surface area contributed by atoms with Gasteiger partial charge in [-0.1, -0.05) is 12.1 Å². The van der Waals surface area contributed by atoms with Crippen LogP contribution in [0.4, 0.5) is 22.4 Å². The number of halogens is 4. The molecule has 12 heteroatoms. The van der Waals surface area contributed by atoms with Crippen molar-refractivity contribution >= 4 is 6.09 Å². The maximum atomic E-state index is 13.5. The molecular formula is C23H27F4N3O5. The Bertz CT molecular complexity index is 990. The summed E-state index contributed by atoms with van der Waals surface area (Å²) in [6.45, 7) is -0.150. The number of rotatable bonds is 7. The summed E-state index contributed by atoms with van der Waals surface area (Å²) in [4.78, 5) is 13.7. The van der Waals surface area contributed by atoms with Crippen LogP contribution in [0.15, 0.2) is 36.7 Å². The monoisotopic (exact) mass is 501 g/mol. The van der Waals surface area contributed by atoms with Crippen molar-refractivity contribution in [1.82, 2.24) is 14.7 Å². The number of alkyl halides is 3. The van der Waals surface area contributed by atoms with Gasteiger partial charge in [-0.25, -0.2) is 9.18 Å². The van der Waals surface area contributed by atoms with Gasteiger partial charge in [0.05, 0.1) is 51.0 Å². The summed E-state index contributed by atoms with van der Waals surface area (Å²) in [6, 6.07) is 6.57. The first-order valence-electron chi connectivity index (χ1n) is 11.2. The third-order valence-corrected chi connectivity index (χ3v) is 6.37. The fraction of sp³-hybridized carbons (Fsp3) is 0.565. The molecule has 1 amide bonds. The average Bonchev–Trinajstić information content (AvgIpc) is 3.45. The topological polar surface area (TPSA) is 75.1 Å². The molecule has 1 aromatic carbocycles. The van der Waals surface area contributed by atoms with E-state index in [0.717, 1.165) is 6.20 Å². The van der Waals surface area contributed by atoms with E-state index in [1.54, 1.807) is 24.3 Å². The molecule has 2 fully saturated rings. The van der Waals surface area contributed by atoms with Gasteiger partial charge in [0.1, 0.15) is 5.75 Å². The molecule has 8 nitrogen and oxygen atoms in total. The highest BCUT2D eigenvalue weighted by molar-refractivity contribution is 5.68. The number of carbonyl (C=O) groups excluding carboxylic acids is 1. The first kappa shape index (κ1) is 25.2. The van der Waals surface area contributed by atoms with E-state index >= 15 is 0 Å². The van der Waals surface area contributed by atoms with E-state index in [0.29, 0.717) is 37.2 Å². The number of methoxy groups -OCH3 is 1. The summed E-state index contributed by atoms with van der Waals surface area (Å²) in [6.07, 6.45) is -4.31. The molecule has 2 atom stereocenters. The van der Waals surface area contributed by atoms with Crippen molar-refractivity contribution in [3.05, 3.63) is 48.0 Å². The largest absolute Gasteiger partial charge is 0.497 e. The van der Waals surface area contributed by atoms with Crippen LogP contribution in [0.25, 0.3) is 0 Å². The predicted molar refractivity (Wildman–Crippen MR) is 114 cm³/mol. The van der Waals surface area contributed by atoms with Gasteiger partial charge in [0, 0.05) is 19.5 Å². The van der Waals surface area contributed by atoms with Crippen molar-refractivity contribution in [2.75, 3.05) is 33.4 Å². The third-order valence-electron chi connectivity index (χ3n) is 6.37. The van der Waals surface area contributed by atoms with Crippen molar-refractivity contribution in [2.24, 2.45) is 0 Å². The van der Waals surface area contributed by atoms with E-state index in [9.17, 15) is 22.4 Å². The molecule has 0 radical (unpaired) electrons. The summed E-state index contributed by atoms with van der Waals surface area (Å²) >= 11 is 0. The standard InChI is InChI=1S/C23H27F4N3O5/c1-32-19-4-2-16(3-5-19)13-33-15-20(23(25,26)27)35-21(31)29-8-6-22(7-9-29)10-18(14-34-22)30-12-17(24)11-28-30/h2-5,11-12,18,20H,6-10,13-15H2,1H3/t18-,20-/m1/s1. The smallest absolute Gasteiger partial charge is 0.427 e. The molecular weight excluding hydrogens is 474 g/mol. The van der Waals surface area contributed by atoms with E-state index in [-0.39, 0.29) is 25.7 Å². The summed E-state index contributed by atoms with van der Waals surface area (Å²) in [5.74, 6) is 0.184. The summed E-state index contributed by atoms with van der Waals surface area (Å²) in [5.41, 5.74) is 0.140. The molecule has 0 N–H and O–H groups in total. The lowest BCUT2D eigenvalue weighted by molar-refractivity contribution is -0.220. The van der Waals surface area contributed by atoms with Crippen molar-refractivity contribution < 1.29 is 41.3 Å². The molecule has 4 rings (SSSR count). The Labute approximate surface area is 199 Å². The normalized spacial score (nSPS) is 20.7. The highest BCUT2D eigenvalue weighted by Crippen LogP contribution is 2.40. The van der Waals surface area contributed by atoms with E-state index < -0.39 is 36.4 Å². The van der Waals surface area contributed by atoms with Gasteiger partial charge in [0.25, 0.3) is 0 Å². The number of benzene rings is 1. The van der Waals surface area contributed by atoms with Gasteiger partial charge in [0.15, 0.2) is 5.82 Å².